The van der Waals surface area contributed by atoms with E-state index in [2.05, 4.69) is 22.8 Å². The summed E-state index contributed by atoms with van der Waals surface area (Å²) < 4.78 is 32.1. The van der Waals surface area contributed by atoms with Crippen LogP contribution in [0, 0.1) is 5.92 Å². The number of carboxylic acid groups (broad SMARTS) is 1. The lowest BCUT2D eigenvalue weighted by Gasteiger charge is -2.28. The minimum Gasteiger partial charge on any atom is -0.465 e. The van der Waals surface area contributed by atoms with Crippen molar-refractivity contribution in [1.29, 1.82) is 0 Å². The maximum Gasteiger partial charge on any atom is 0.410 e. The number of hydrogen-bond acceptors (Lipinski definition) is 9. The summed E-state index contributed by atoms with van der Waals surface area (Å²) in [6.45, 7) is 2.37. The van der Waals surface area contributed by atoms with Crippen LogP contribution >= 0.6 is 0 Å². The molecule has 1 saturated heterocycles. The number of nitrogens with zero attached hydrogens (tertiary/aromatic N) is 2. The first-order valence-corrected chi connectivity index (χ1v) is 19.1. The van der Waals surface area contributed by atoms with Gasteiger partial charge in [-0.15, -0.1) is 0 Å². The largest absolute Gasteiger partial charge is 0.465 e. The number of likely N-dealkylation sites (tertiary alicyclic amines) is 1. The third kappa shape index (κ3) is 10.4. The smallest absolute Gasteiger partial charge is 0.410 e. The van der Waals surface area contributed by atoms with Crippen molar-refractivity contribution in [2.45, 2.75) is 108 Å². The number of ether oxygens (including phenoxy) is 1. The number of urea groups is 1. The normalized spacial score (nSPS) is 20.4. The second-order valence-corrected chi connectivity index (χ2v) is 15.5. The number of amides is 7. The Morgan fingerprint density at radius 1 is 1.02 bits per heavy atom. The molecule has 16 nitrogen and oxygen atoms in total. The summed E-state index contributed by atoms with van der Waals surface area (Å²) in [7, 11) is -3.97. The number of carbonyl (C=O) groups excluding carboxylic acids is 5. The van der Waals surface area contributed by atoms with Crippen molar-refractivity contribution in [3.8, 4) is 0 Å². The minimum atomic E-state index is -3.97. The number of hydrogen-bond donors (Lipinski definition) is 5. The first-order chi connectivity index (χ1) is 24.3. The number of allylic oxidation sites excluding steroid dienone is 2. The SMILES string of the molecule is CCNC(=O)c1ccc2c(c1)CN(C(=O)O[C@@H]1C[C@@H](C(=O)NC(=O)NS(=O)(=O)C3CC3)N(C(=O)[C@H](CCCCC/C=C\C3CC3)NC(=O)O)C1)C2. The maximum absolute atomic E-state index is 13.9. The number of sulfonamides is 1. The number of nitrogens with one attached hydrogen (secondary N) is 4. The first kappa shape index (κ1) is 37.6. The van der Waals surface area contributed by atoms with Crippen LogP contribution in [0.2, 0.25) is 0 Å². The van der Waals surface area contributed by atoms with Gasteiger partial charge in [-0.25, -0.2) is 27.5 Å². The lowest BCUT2D eigenvalue weighted by Crippen LogP contribution is -2.55. The summed E-state index contributed by atoms with van der Waals surface area (Å²) in [6.07, 6.45) is 7.31. The summed E-state index contributed by atoms with van der Waals surface area (Å²) in [5.41, 5.74) is 2.05. The third-order valence-electron chi connectivity index (χ3n) is 9.33. The van der Waals surface area contributed by atoms with Crippen LogP contribution in [0.1, 0.15) is 92.6 Å². The first-order valence-electron chi connectivity index (χ1n) is 17.5. The van der Waals surface area contributed by atoms with Crippen LogP contribution in [-0.2, 0) is 37.4 Å². The van der Waals surface area contributed by atoms with Gasteiger partial charge < -0.3 is 25.4 Å². The van der Waals surface area contributed by atoms with E-state index in [1.165, 1.54) is 17.7 Å². The van der Waals surface area contributed by atoms with Crippen LogP contribution in [0.3, 0.4) is 0 Å². The quantitative estimate of drug-likeness (QED) is 0.131. The molecule has 0 unspecified atom stereocenters. The molecule has 1 aromatic carbocycles. The highest BCUT2D eigenvalue weighted by atomic mass is 32.2. The van der Waals surface area contributed by atoms with E-state index in [-0.39, 0.29) is 38.4 Å². The predicted octanol–water partition coefficient (Wildman–Crippen LogP) is 2.73. The summed E-state index contributed by atoms with van der Waals surface area (Å²) in [5, 5.41) is 15.8. The highest BCUT2D eigenvalue weighted by Gasteiger charge is 2.45. The Morgan fingerprint density at radius 2 is 1.76 bits per heavy atom. The number of fused-ring (bicyclic) bond motifs is 1. The zero-order valence-corrected chi connectivity index (χ0v) is 29.4. The molecule has 7 amide bonds. The molecule has 0 radical (unpaired) electrons. The van der Waals surface area contributed by atoms with Crippen LogP contribution in [-0.4, -0.2) is 95.8 Å². The average molecular weight is 731 g/mol. The number of imide groups is 1. The molecule has 4 aliphatic rings. The fourth-order valence-corrected chi connectivity index (χ4v) is 7.54. The van der Waals surface area contributed by atoms with Gasteiger partial charge in [0.15, 0.2) is 0 Å². The lowest BCUT2D eigenvalue weighted by atomic mass is 10.0. The second-order valence-electron chi connectivity index (χ2n) is 13.5. The number of carbonyl (C=O) groups is 6. The van der Waals surface area contributed by atoms with Crippen LogP contribution in [0.5, 0.6) is 0 Å². The van der Waals surface area contributed by atoms with Crippen LogP contribution < -0.4 is 20.7 Å². The standard InChI is InChI=1S/C34H46N6O10S/c1-2-35-29(41)22-12-13-23-18-39(19-24(23)16-22)34(47)50-25-17-28(30(42)37-32(44)38-51(48,49)26-14-15-26)40(20-25)31(43)27(36-33(45)46)9-7-5-3-4-6-8-21-10-11-21/h6,8,12-13,16,21,25-28,36H,2-5,7,9-11,14-15,17-20H2,1H3,(H,35,41)(H,45,46)(H2,37,38,42,44)/b8-6-/t25-,27+,28+/m1/s1. The molecular weight excluding hydrogens is 684 g/mol. The number of rotatable bonds is 15. The fourth-order valence-electron chi connectivity index (χ4n) is 6.30. The van der Waals surface area contributed by atoms with Crippen molar-refractivity contribution in [1.82, 2.24) is 30.5 Å². The van der Waals surface area contributed by atoms with Gasteiger partial charge in [0.2, 0.25) is 15.9 Å². The predicted molar refractivity (Wildman–Crippen MR) is 183 cm³/mol. The minimum absolute atomic E-state index is 0.150. The molecule has 5 rings (SSSR count). The molecule has 0 spiro atoms. The zero-order valence-electron chi connectivity index (χ0n) is 28.6. The highest BCUT2D eigenvalue weighted by Crippen LogP contribution is 2.31. The maximum atomic E-state index is 13.9. The van der Waals surface area contributed by atoms with Gasteiger partial charge in [0.25, 0.3) is 11.8 Å². The molecule has 51 heavy (non-hydrogen) atoms. The van der Waals surface area contributed by atoms with Crippen LogP contribution in [0.15, 0.2) is 30.4 Å². The molecule has 1 aromatic rings. The van der Waals surface area contributed by atoms with Gasteiger partial charge in [0.05, 0.1) is 11.8 Å². The van der Waals surface area contributed by atoms with E-state index in [0.717, 1.165) is 35.3 Å². The molecule has 2 aliphatic carbocycles. The Bertz CT molecular complexity index is 1660. The zero-order chi connectivity index (χ0) is 36.7. The van der Waals surface area contributed by atoms with E-state index >= 15 is 0 Å². The Kier molecular flexibility index (Phi) is 12.2. The van der Waals surface area contributed by atoms with Crippen LogP contribution in [0.4, 0.5) is 14.4 Å². The average Bonchev–Trinajstić information content (AvgIpc) is 4.01. The summed E-state index contributed by atoms with van der Waals surface area (Å²) in [5.74, 6) is -1.30. The van der Waals surface area contributed by atoms with Gasteiger partial charge in [-0.2, -0.15) is 0 Å². The van der Waals surface area contributed by atoms with E-state index < -0.39 is 63.5 Å². The van der Waals surface area contributed by atoms with E-state index in [0.29, 0.717) is 37.3 Å². The highest BCUT2D eigenvalue weighted by molar-refractivity contribution is 7.90. The molecule has 2 saturated carbocycles. The monoisotopic (exact) mass is 730 g/mol. The molecule has 3 fully saturated rings. The van der Waals surface area contributed by atoms with Gasteiger partial charge in [0.1, 0.15) is 18.2 Å². The van der Waals surface area contributed by atoms with E-state index in [1.54, 1.807) is 18.2 Å². The lowest BCUT2D eigenvalue weighted by molar-refractivity contribution is -0.139. The van der Waals surface area contributed by atoms with Gasteiger partial charge in [-0.05, 0) is 81.0 Å². The van der Waals surface area contributed by atoms with Crippen molar-refractivity contribution in [3.05, 3.63) is 47.0 Å². The molecule has 5 N–H and O–H groups in total. The molecule has 2 heterocycles. The topological polar surface area (TPSA) is 221 Å². The Hall–Kier alpha value is -4.67. The Balaban J connectivity index is 1.24. The van der Waals surface area contributed by atoms with Gasteiger partial charge >= 0.3 is 18.2 Å². The van der Waals surface area contributed by atoms with Crippen molar-refractivity contribution in [2.24, 2.45) is 5.92 Å². The van der Waals surface area contributed by atoms with E-state index in [4.69, 9.17) is 4.74 Å². The van der Waals surface area contributed by atoms with Gasteiger partial charge in [0, 0.05) is 31.6 Å². The van der Waals surface area contributed by atoms with Crippen LogP contribution in [0.25, 0.3) is 0 Å². The summed E-state index contributed by atoms with van der Waals surface area (Å²) in [6, 6.07) is 1.27. The van der Waals surface area contributed by atoms with E-state index in [9.17, 15) is 42.3 Å². The number of unbranched alkanes of at least 4 members (excludes halogenated alkanes) is 3. The molecule has 17 heteroatoms. The Labute approximate surface area is 296 Å². The second kappa shape index (κ2) is 16.6. The van der Waals surface area contributed by atoms with Crippen molar-refractivity contribution in [3.63, 3.8) is 0 Å². The molecule has 0 aromatic heterocycles. The van der Waals surface area contributed by atoms with Crippen molar-refractivity contribution < 1.29 is 47.0 Å². The molecule has 3 atom stereocenters. The third-order valence-corrected chi connectivity index (χ3v) is 11.1. The van der Waals surface area contributed by atoms with E-state index in [1.807, 2.05) is 17.0 Å². The Morgan fingerprint density at radius 3 is 2.45 bits per heavy atom. The molecule has 278 valence electrons. The van der Waals surface area contributed by atoms with Crippen molar-refractivity contribution >= 4 is 46.0 Å². The van der Waals surface area contributed by atoms with Gasteiger partial charge in [-0.1, -0.05) is 31.1 Å². The van der Waals surface area contributed by atoms with Gasteiger partial charge in [-0.3, -0.25) is 24.6 Å². The fraction of sp³-hybridized carbons (Fsp3) is 0.588. The molecule has 2 aliphatic heterocycles. The number of benzene rings is 1. The summed E-state index contributed by atoms with van der Waals surface area (Å²) in [4.78, 5) is 79.5. The summed E-state index contributed by atoms with van der Waals surface area (Å²) >= 11 is 0. The molecular formula is C34H46N6O10S. The molecule has 0 bridgehead atoms. The van der Waals surface area contributed by atoms with Crippen molar-refractivity contribution in [2.75, 3.05) is 13.1 Å².